The van der Waals surface area contributed by atoms with Gasteiger partial charge < -0.3 is 9.47 Å². The fourth-order valence-corrected chi connectivity index (χ4v) is 2.10. The summed E-state index contributed by atoms with van der Waals surface area (Å²) in [6, 6.07) is 15.9. The lowest BCUT2D eigenvalue weighted by Gasteiger charge is -1.99. The molecule has 2 aromatic carbocycles. The third kappa shape index (κ3) is 3.18. The van der Waals surface area contributed by atoms with E-state index in [1.165, 1.54) is 7.11 Å². The maximum absolute atomic E-state index is 11.9. The lowest BCUT2D eigenvalue weighted by atomic mass is 10.1. The Morgan fingerprint density at radius 3 is 2.43 bits per heavy atom. The van der Waals surface area contributed by atoms with Crippen molar-refractivity contribution in [3.8, 4) is 0 Å². The molecule has 0 N–H and O–H groups in total. The van der Waals surface area contributed by atoms with Crippen LogP contribution in [0.4, 0.5) is 0 Å². The summed E-state index contributed by atoms with van der Waals surface area (Å²) in [5, 5.41) is 0. The van der Waals surface area contributed by atoms with Crippen LogP contribution in [0.25, 0.3) is 6.08 Å². The number of methoxy groups -OCH3 is 1. The molecule has 0 atom stereocenters. The van der Waals surface area contributed by atoms with E-state index in [9.17, 15) is 9.59 Å². The highest BCUT2D eigenvalue weighted by Gasteiger charge is 2.23. The van der Waals surface area contributed by atoms with E-state index < -0.39 is 11.9 Å². The summed E-state index contributed by atoms with van der Waals surface area (Å²) >= 11 is 0. The van der Waals surface area contributed by atoms with Gasteiger partial charge in [-0.15, -0.1) is 0 Å². The van der Waals surface area contributed by atoms with Gasteiger partial charge in [0.25, 0.3) is 0 Å². The average molecular weight is 307 g/mol. The first kappa shape index (κ1) is 14.7. The van der Waals surface area contributed by atoms with E-state index in [-0.39, 0.29) is 11.6 Å². The van der Waals surface area contributed by atoms with Crippen LogP contribution in [0.15, 0.2) is 65.3 Å². The number of rotatable bonds is 3. The largest absolute Gasteiger partial charge is 0.465 e. The topological polar surface area (TPSA) is 65.0 Å². The van der Waals surface area contributed by atoms with Crippen molar-refractivity contribution in [2.75, 3.05) is 7.11 Å². The predicted octanol–water partition coefficient (Wildman–Crippen LogP) is 2.82. The van der Waals surface area contributed by atoms with E-state index in [0.29, 0.717) is 5.56 Å². The van der Waals surface area contributed by atoms with Gasteiger partial charge in [0.2, 0.25) is 5.90 Å². The van der Waals surface area contributed by atoms with Gasteiger partial charge in [-0.1, -0.05) is 30.3 Å². The van der Waals surface area contributed by atoms with Gasteiger partial charge in [-0.05, 0) is 35.9 Å². The first-order valence-electron chi connectivity index (χ1n) is 6.94. The summed E-state index contributed by atoms with van der Waals surface area (Å²) < 4.78 is 9.82. The van der Waals surface area contributed by atoms with Gasteiger partial charge in [-0.25, -0.2) is 14.6 Å². The quantitative estimate of drug-likeness (QED) is 0.646. The average Bonchev–Trinajstić information content (AvgIpc) is 2.96. The molecule has 0 aliphatic carbocycles. The number of carbonyl (C=O) groups is 2. The maximum Gasteiger partial charge on any atom is 0.363 e. The van der Waals surface area contributed by atoms with Crippen molar-refractivity contribution < 1.29 is 19.1 Å². The third-order valence-electron chi connectivity index (χ3n) is 3.28. The lowest BCUT2D eigenvalue weighted by Crippen LogP contribution is -2.05. The molecule has 0 fully saturated rings. The van der Waals surface area contributed by atoms with E-state index in [0.717, 1.165) is 11.1 Å². The predicted molar refractivity (Wildman–Crippen MR) is 84.8 cm³/mol. The SMILES string of the molecule is COC(=O)c1ccc(/C=C2\N=C(c3ccccc3)OC2=O)cc1. The molecule has 1 heterocycles. The van der Waals surface area contributed by atoms with Crippen LogP contribution in [0.1, 0.15) is 21.5 Å². The second-order valence-corrected chi connectivity index (χ2v) is 4.82. The van der Waals surface area contributed by atoms with Gasteiger partial charge in [0.1, 0.15) is 0 Å². The van der Waals surface area contributed by atoms with Crippen LogP contribution in [-0.2, 0) is 14.3 Å². The number of benzene rings is 2. The zero-order valence-electron chi connectivity index (χ0n) is 12.4. The maximum atomic E-state index is 11.9. The van der Waals surface area contributed by atoms with Gasteiger partial charge in [0.05, 0.1) is 12.7 Å². The Morgan fingerprint density at radius 1 is 1.09 bits per heavy atom. The van der Waals surface area contributed by atoms with Crippen molar-refractivity contribution in [1.82, 2.24) is 0 Å². The summed E-state index contributed by atoms with van der Waals surface area (Å²) in [5.74, 6) is -0.622. The number of hydrogen-bond acceptors (Lipinski definition) is 5. The molecule has 114 valence electrons. The molecule has 0 bridgehead atoms. The van der Waals surface area contributed by atoms with E-state index in [1.807, 2.05) is 30.3 Å². The van der Waals surface area contributed by atoms with Crippen LogP contribution in [0.5, 0.6) is 0 Å². The number of esters is 2. The molecule has 0 unspecified atom stereocenters. The highest BCUT2D eigenvalue weighted by atomic mass is 16.6. The minimum Gasteiger partial charge on any atom is -0.465 e. The van der Waals surface area contributed by atoms with Gasteiger partial charge >= 0.3 is 11.9 Å². The molecule has 5 nitrogen and oxygen atoms in total. The summed E-state index contributed by atoms with van der Waals surface area (Å²) in [4.78, 5) is 27.5. The Bertz CT molecular complexity index is 805. The fourth-order valence-electron chi connectivity index (χ4n) is 2.10. The molecule has 0 radical (unpaired) electrons. The number of cyclic esters (lactones) is 1. The van der Waals surface area contributed by atoms with Gasteiger partial charge in [0.15, 0.2) is 5.70 Å². The summed E-state index contributed by atoms with van der Waals surface area (Å²) in [7, 11) is 1.33. The zero-order valence-corrected chi connectivity index (χ0v) is 12.4. The van der Waals surface area contributed by atoms with Gasteiger partial charge in [-0.2, -0.15) is 0 Å². The van der Waals surface area contributed by atoms with Crippen LogP contribution in [0.2, 0.25) is 0 Å². The summed E-state index contributed by atoms with van der Waals surface area (Å²) in [5.41, 5.74) is 2.14. The Hall–Kier alpha value is -3.21. The third-order valence-corrected chi connectivity index (χ3v) is 3.28. The standard InChI is InChI=1S/C18H13NO4/c1-22-17(20)14-9-7-12(8-10-14)11-15-18(21)23-16(19-15)13-5-3-2-4-6-13/h2-11H,1H3/b15-11-. The van der Waals surface area contributed by atoms with Gasteiger partial charge in [0, 0.05) is 5.56 Å². The van der Waals surface area contributed by atoms with Crippen LogP contribution >= 0.6 is 0 Å². The lowest BCUT2D eigenvalue weighted by molar-refractivity contribution is -0.129. The molecule has 5 heteroatoms. The van der Waals surface area contributed by atoms with Crippen LogP contribution in [0, 0.1) is 0 Å². The highest BCUT2D eigenvalue weighted by molar-refractivity contribution is 6.12. The van der Waals surface area contributed by atoms with Crippen molar-refractivity contribution in [1.29, 1.82) is 0 Å². The summed E-state index contributed by atoms with van der Waals surface area (Å²) in [6.45, 7) is 0. The summed E-state index contributed by atoms with van der Waals surface area (Å²) in [6.07, 6.45) is 1.61. The molecule has 2 aromatic rings. The number of hydrogen-bond donors (Lipinski definition) is 0. The van der Waals surface area contributed by atoms with E-state index in [4.69, 9.17) is 4.74 Å². The second kappa shape index (κ2) is 6.27. The number of nitrogens with zero attached hydrogens (tertiary/aromatic N) is 1. The second-order valence-electron chi connectivity index (χ2n) is 4.82. The molecule has 0 spiro atoms. The van der Waals surface area contributed by atoms with Crippen molar-refractivity contribution in [3.63, 3.8) is 0 Å². The minimum atomic E-state index is -0.499. The van der Waals surface area contributed by atoms with E-state index >= 15 is 0 Å². The van der Waals surface area contributed by atoms with Crippen LogP contribution in [0.3, 0.4) is 0 Å². The Labute approximate surface area is 132 Å². The van der Waals surface area contributed by atoms with Crippen molar-refractivity contribution in [3.05, 3.63) is 77.0 Å². The molecular formula is C18H13NO4. The first-order valence-corrected chi connectivity index (χ1v) is 6.94. The highest BCUT2D eigenvalue weighted by Crippen LogP contribution is 2.19. The fraction of sp³-hybridized carbons (Fsp3) is 0.0556. The zero-order chi connectivity index (χ0) is 16.2. The smallest absolute Gasteiger partial charge is 0.363 e. The first-order chi connectivity index (χ1) is 11.2. The Morgan fingerprint density at radius 2 is 1.78 bits per heavy atom. The molecule has 0 saturated carbocycles. The molecule has 3 rings (SSSR count). The normalized spacial score (nSPS) is 15.3. The van der Waals surface area contributed by atoms with Crippen molar-refractivity contribution in [2.45, 2.75) is 0 Å². The van der Waals surface area contributed by atoms with Crippen LogP contribution < -0.4 is 0 Å². The van der Waals surface area contributed by atoms with E-state index in [1.54, 1.807) is 30.3 Å². The molecule has 23 heavy (non-hydrogen) atoms. The molecule has 0 saturated heterocycles. The van der Waals surface area contributed by atoms with E-state index in [2.05, 4.69) is 9.73 Å². The molecule has 0 aromatic heterocycles. The molecule has 1 aliphatic heterocycles. The van der Waals surface area contributed by atoms with Crippen molar-refractivity contribution in [2.24, 2.45) is 4.99 Å². The molecule has 1 aliphatic rings. The van der Waals surface area contributed by atoms with Crippen molar-refractivity contribution >= 4 is 23.9 Å². The Kier molecular flexibility index (Phi) is 4.01. The molecular weight excluding hydrogens is 294 g/mol. The molecule has 0 amide bonds. The monoisotopic (exact) mass is 307 g/mol. The van der Waals surface area contributed by atoms with Gasteiger partial charge in [-0.3, -0.25) is 0 Å². The number of aliphatic imine (C=N–C) groups is 1. The van der Waals surface area contributed by atoms with Crippen LogP contribution in [-0.4, -0.2) is 24.9 Å². The minimum absolute atomic E-state index is 0.217. The number of carbonyl (C=O) groups excluding carboxylic acids is 2. The number of ether oxygens (including phenoxy) is 2. The Balaban J connectivity index is 1.86.